The quantitative estimate of drug-likeness (QED) is 0.0330. The first-order chi connectivity index (χ1) is 33.2. The van der Waals surface area contributed by atoms with E-state index in [2.05, 4.69) is 50.5 Å². The number of nitrogens with one attached hydrogen (secondary N) is 3. The molecule has 0 radical (unpaired) electrons. The zero-order chi connectivity index (χ0) is 50.1. The lowest BCUT2D eigenvalue weighted by atomic mass is 9.71. The first-order valence-corrected chi connectivity index (χ1v) is 24.2. The standard InChI is InChI=1S/C33H39Cl2N7O.C10H18N2O.C10H11NO2/c1-40-12-8-23(9-13-40)32(43)41-14-10-33(11-15-41)20-42(21-33)30-7-4-24(17-39-30)31(37)26-16-22(3-6-29(26)36)2-5-25-27(34)18-38-19-28(25)35;1-5-6-7-10(9(2)11-3)12(4)8-13;1-8-6-10(11-4-5-12)3-2-9(8)7-13/h3-4,6-7,16-19,23,37H,2,5,8-15,20-21,36H2,1H3;5,8,10-11H,1-2,6-7H2,3-4H3;2-3,5-7,11H,4H2,1H3. The van der Waals surface area contributed by atoms with Crippen molar-refractivity contribution in [2.45, 2.75) is 64.3 Å². The molecule has 368 valence electrons. The number of aldehydes is 2. The molecule has 16 heteroatoms. The number of likely N-dealkylation sites (tertiary alicyclic amines) is 2. The molecule has 2 amide bonds. The molecule has 1 unspecified atom stereocenters. The first kappa shape index (κ1) is 53.9. The number of hydrogen-bond acceptors (Lipinski definition) is 12. The van der Waals surface area contributed by atoms with Crippen molar-refractivity contribution in [2.24, 2.45) is 11.3 Å². The van der Waals surface area contributed by atoms with Crippen molar-refractivity contribution in [3.8, 4) is 0 Å². The van der Waals surface area contributed by atoms with Crippen LogP contribution in [0.5, 0.6) is 0 Å². The Kier molecular flexibility index (Phi) is 20.3. The van der Waals surface area contributed by atoms with Crippen LogP contribution in [0.1, 0.15) is 76.7 Å². The Hall–Kier alpha value is -6.09. The SMILES string of the molecule is C=CCCC(C(=C)NC)N(C)C=O.CN1CCC(C(=O)N2CCC3(CC2)CN(c2ccc(C(=N)c4cc(CCc5c(Cl)cncc5Cl)ccc4N)cn2)C3)CC1.Cc1cc(NCC=O)ccc1C=O. The van der Waals surface area contributed by atoms with Crippen molar-refractivity contribution in [2.75, 3.05) is 82.9 Å². The number of nitrogens with two attached hydrogens (primary N) is 1. The lowest BCUT2D eigenvalue weighted by Crippen LogP contribution is -2.61. The third-order valence-electron chi connectivity index (χ3n) is 13.4. The second-order valence-electron chi connectivity index (χ2n) is 18.2. The van der Waals surface area contributed by atoms with Crippen LogP contribution in [0.15, 0.2) is 92.1 Å². The van der Waals surface area contributed by atoms with Crippen LogP contribution in [0.2, 0.25) is 10.0 Å². The molecule has 14 nitrogen and oxygen atoms in total. The van der Waals surface area contributed by atoms with Crippen molar-refractivity contribution in [3.63, 3.8) is 0 Å². The molecule has 2 aromatic heterocycles. The number of allylic oxidation sites excluding steroid dienone is 1. The number of carbonyl (C=O) groups excluding carboxylic acids is 4. The number of aromatic nitrogens is 2. The van der Waals surface area contributed by atoms with Crippen molar-refractivity contribution in [3.05, 3.63) is 135 Å². The van der Waals surface area contributed by atoms with Gasteiger partial charge in [0.15, 0.2) is 0 Å². The monoisotopic (exact) mass is 978 g/mol. The zero-order valence-corrected chi connectivity index (χ0v) is 42.0. The summed E-state index contributed by atoms with van der Waals surface area (Å²) in [6, 6.07) is 15.2. The third-order valence-corrected chi connectivity index (χ3v) is 14.1. The van der Waals surface area contributed by atoms with Crippen molar-refractivity contribution >= 4 is 71.0 Å². The fraction of sp³-hybridized carbons (Fsp3) is 0.415. The van der Waals surface area contributed by atoms with E-state index in [9.17, 15) is 19.2 Å². The Balaban J connectivity index is 0.000000279. The molecule has 3 aliphatic rings. The lowest BCUT2D eigenvalue weighted by molar-refractivity contribution is -0.139. The van der Waals surface area contributed by atoms with Gasteiger partial charge in [0, 0.05) is 104 Å². The number of rotatable bonds is 18. The normalized spacial score (nSPS) is 15.7. The van der Waals surface area contributed by atoms with E-state index in [-0.39, 0.29) is 17.4 Å². The summed E-state index contributed by atoms with van der Waals surface area (Å²) < 4.78 is 0. The lowest BCUT2D eigenvalue weighted by Gasteiger charge is -2.54. The molecule has 0 aliphatic carbocycles. The first-order valence-electron chi connectivity index (χ1n) is 23.5. The fourth-order valence-electron chi connectivity index (χ4n) is 8.97. The van der Waals surface area contributed by atoms with E-state index in [1.807, 2.05) is 56.4 Å². The van der Waals surface area contributed by atoms with Gasteiger partial charge in [-0.05, 0) is 138 Å². The zero-order valence-electron chi connectivity index (χ0n) is 40.5. The molecule has 69 heavy (non-hydrogen) atoms. The third kappa shape index (κ3) is 14.7. The van der Waals surface area contributed by atoms with Gasteiger partial charge < -0.3 is 40.8 Å². The van der Waals surface area contributed by atoms with Crippen molar-refractivity contribution in [1.82, 2.24) is 30.0 Å². The Morgan fingerprint density at radius 1 is 1.00 bits per heavy atom. The van der Waals surface area contributed by atoms with E-state index in [0.717, 1.165) is 136 Å². The predicted octanol–water partition coefficient (Wildman–Crippen LogP) is 7.90. The topological polar surface area (TPSA) is 181 Å². The minimum Gasteiger partial charge on any atom is -0.398 e. The summed E-state index contributed by atoms with van der Waals surface area (Å²) in [7, 11) is 5.70. The summed E-state index contributed by atoms with van der Waals surface area (Å²) in [5, 5.41) is 15.9. The summed E-state index contributed by atoms with van der Waals surface area (Å²) in [4.78, 5) is 61.3. The van der Waals surface area contributed by atoms with Crippen LogP contribution in [-0.2, 0) is 27.2 Å². The molecule has 3 saturated heterocycles. The van der Waals surface area contributed by atoms with Crippen LogP contribution in [0, 0.1) is 23.7 Å². The van der Waals surface area contributed by atoms with E-state index in [4.69, 9.17) is 39.3 Å². The van der Waals surface area contributed by atoms with Crippen LogP contribution >= 0.6 is 23.2 Å². The molecule has 5 heterocycles. The highest BCUT2D eigenvalue weighted by atomic mass is 35.5. The molecule has 1 atom stereocenters. The summed E-state index contributed by atoms with van der Waals surface area (Å²) in [6.07, 6.45) is 16.4. The van der Waals surface area contributed by atoms with Gasteiger partial charge in [-0.2, -0.15) is 0 Å². The van der Waals surface area contributed by atoms with Gasteiger partial charge in [-0.3, -0.25) is 24.8 Å². The van der Waals surface area contributed by atoms with Gasteiger partial charge in [-0.1, -0.05) is 41.9 Å². The second kappa shape index (κ2) is 26.0. The van der Waals surface area contributed by atoms with E-state index >= 15 is 0 Å². The molecule has 3 fully saturated rings. The summed E-state index contributed by atoms with van der Waals surface area (Å²) in [5.74, 6) is 1.50. The average Bonchev–Trinajstić information content (AvgIpc) is 3.35. The maximum atomic E-state index is 13.1. The number of anilines is 3. The van der Waals surface area contributed by atoms with Crippen molar-refractivity contribution in [1.29, 1.82) is 5.41 Å². The summed E-state index contributed by atoms with van der Waals surface area (Å²) >= 11 is 12.6. The second-order valence-corrected chi connectivity index (χ2v) is 19.0. The number of carbonyl (C=O) groups is 4. The van der Waals surface area contributed by atoms with E-state index in [1.54, 1.807) is 42.7 Å². The molecular weight excluding hydrogens is 912 g/mol. The molecule has 7 rings (SSSR count). The molecule has 1 spiro atoms. The van der Waals surface area contributed by atoms with Crippen LogP contribution in [0.3, 0.4) is 0 Å². The number of piperidine rings is 2. The number of likely N-dealkylation sites (N-methyl/N-ethyl adjacent to an activating group) is 2. The number of halogens is 2. The number of nitrogen functional groups attached to an aromatic ring is 1. The maximum Gasteiger partial charge on any atom is 0.225 e. The Morgan fingerprint density at radius 3 is 2.28 bits per heavy atom. The van der Waals surface area contributed by atoms with Gasteiger partial charge in [0.2, 0.25) is 12.3 Å². The number of hydrogen-bond donors (Lipinski definition) is 4. The summed E-state index contributed by atoms with van der Waals surface area (Å²) in [6.45, 7) is 15.4. The highest BCUT2D eigenvalue weighted by Crippen LogP contribution is 2.42. The molecule has 3 aliphatic heterocycles. The molecule has 2 aromatic carbocycles. The molecular formula is C53H68Cl2N10O4. The van der Waals surface area contributed by atoms with Crippen LogP contribution < -0.4 is 21.3 Å². The number of benzene rings is 2. The van der Waals surface area contributed by atoms with Gasteiger partial charge in [-0.25, -0.2) is 4.98 Å². The van der Waals surface area contributed by atoms with Crippen LogP contribution in [-0.4, -0.2) is 128 Å². The number of amides is 2. The van der Waals surface area contributed by atoms with E-state index < -0.39 is 0 Å². The molecule has 0 saturated carbocycles. The van der Waals surface area contributed by atoms with Gasteiger partial charge in [0.05, 0.1) is 28.3 Å². The highest BCUT2D eigenvalue weighted by molar-refractivity contribution is 6.35. The Morgan fingerprint density at radius 2 is 1.70 bits per heavy atom. The number of nitrogens with zero attached hydrogens (tertiary/aromatic N) is 6. The van der Waals surface area contributed by atoms with Gasteiger partial charge >= 0.3 is 0 Å². The maximum absolute atomic E-state index is 13.1. The average molecular weight is 980 g/mol. The van der Waals surface area contributed by atoms with Gasteiger partial charge in [0.1, 0.15) is 18.4 Å². The van der Waals surface area contributed by atoms with Crippen molar-refractivity contribution < 1.29 is 19.2 Å². The smallest absolute Gasteiger partial charge is 0.225 e. The minimum atomic E-state index is 0.0560. The Bertz CT molecular complexity index is 2390. The van der Waals surface area contributed by atoms with E-state index in [1.165, 1.54) is 0 Å². The van der Waals surface area contributed by atoms with Gasteiger partial charge in [0.25, 0.3) is 0 Å². The van der Waals surface area contributed by atoms with Crippen LogP contribution in [0.4, 0.5) is 17.2 Å². The fourth-order valence-corrected chi connectivity index (χ4v) is 9.53. The minimum absolute atomic E-state index is 0.0560. The largest absolute Gasteiger partial charge is 0.398 e. The molecule has 0 bridgehead atoms. The molecule has 5 N–H and O–H groups in total. The predicted molar refractivity (Wildman–Crippen MR) is 280 cm³/mol. The summed E-state index contributed by atoms with van der Waals surface area (Å²) in [5.41, 5.74) is 14.1. The molecule has 4 aromatic rings. The Labute approximate surface area is 417 Å². The van der Waals surface area contributed by atoms with Gasteiger partial charge in [-0.15, -0.1) is 6.58 Å². The van der Waals surface area contributed by atoms with E-state index in [0.29, 0.717) is 57.9 Å². The number of pyridine rings is 2. The van der Waals surface area contributed by atoms with Crippen LogP contribution in [0.25, 0.3) is 0 Å². The highest BCUT2D eigenvalue weighted by Gasteiger charge is 2.46. The number of aryl methyl sites for hydroxylation is 2.